The number of anilines is 1. The van der Waals surface area contributed by atoms with E-state index in [-0.39, 0.29) is 12.3 Å². The molecule has 24 heavy (non-hydrogen) atoms. The van der Waals surface area contributed by atoms with Gasteiger partial charge in [0.05, 0.1) is 12.8 Å². The molecule has 0 radical (unpaired) electrons. The SMILES string of the molecule is COc1ccc(Cl)cc1NCCC(=O)NC1(C(=O)O)CCCCC1. The van der Waals surface area contributed by atoms with E-state index in [0.717, 1.165) is 19.3 Å². The summed E-state index contributed by atoms with van der Waals surface area (Å²) in [5, 5.41) is 15.9. The monoisotopic (exact) mass is 354 g/mol. The Morgan fingerprint density at radius 1 is 1.29 bits per heavy atom. The Morgan fingerprint density at radius 2 is 2.00 bits per heavy atom. The van der Waals surface area contributed by atoms with Gasteiger partial charge in [-0.25, -0.2) is 4.79 Å². The number of ether oxygens (including phenoxy) is 1. The Morgan fingerprint density at radius 3 is 2.62 bits per heavy atom. The summed E-state index contributed by atoms with van der Waals surface area (Å²) < 4.78 is 5.23. The minimum atomic E-state index is -1.11. The van der Waals surface area contributed by atoms with Gasteiger partial charge in [0.15, 0.2) is 0 Å². The smallest absolute Gasteiger partial charge is 0.329 e. The predicted octanol–water partition coefficient (Wildman–Crippen LogP) is 3.05. The molecule has 2 rings (SSSR count). The molecule has 0 heterocycles. The summed E-state index contributed by atoms with van der Waals surface area (Å²) in [4.78, 5) is 23.7. The summed E-state index contributed by atoms with van der Waals surface area (Å²) in [6, 6.07) is 5.18. The average molecular weight is 355 g/mol. The van der Waals surface area contributed by atoms with E-state index in [1.165, 1.54) is 0 Å². The molecule has 132 valence electrons. The van der Waals surface area contributed by atoms with Crippen LogP contribution in [0.4, 0.5) is 5.69 Å². The minimum Gasteiger partial charge on any atom is -0.495 e. The number of benzene rings is 1. The predicted molar refractivity (Wildman–Crippen MR) is 92.7 cm³/mol. The number of carboxylic acid groups (broad SMARTS) is 1. The fourth-order valence-corrected chi connectivity index (χ4v) is 3.18. The van der Waals surface area contributed by atoms with Gasteiger partial charge in [0.1, 0.15) is 11.3 Å². The van der Waals surface area contributed by atoms with Gasteiger partial charge in [-0.1, -0.05) is 30.9 Å². The molecule has 3 N–H and O–H groups in total. The van der Waals surface area contributed by atoms with Crippen molar-refractivity contribution in [1.82, 2.24) is 5.32 Å². The number of halogens is 1. The zero-order chi connectivity index (χ0) is 17.6. The summed E-state index contributed by atoms with van der Waals surface area (Å²) in [6.45, 7) is 0.359. The maximum absolute atomic E-state index is 12.2. The Bertz CT molecular complexity index is 600. The van der Waals surface area contributed by atoms with Crippen LogP contribution in [0, 0.1) is 0 Å². The first-order chi connectivity index (χ1) is 11.5. The van der Waals surface area contributed by atoms with Crippen LogP contribution in [0.2, 0.25) is 5.02 Å². The molecular weight excluding hydrogens is 332 g/mol. The third-order valence-corrected chi connectivity index (χ3v) is 4.56. The number of rotatable bonds is 7. The third kappa shape index (κ3) is 4.54. The highest BCUT2D eigenvalue weighted by Gasteiger charge is 2.40. The summed E-state index contributed by atoms with van der Waals surface area (Å²) in [7, 11) is 1.56. The minimum absolute atomic E-state index is 0.171. The average Bonchev–Trinajstić information content (AvgIpc) is 2.55. The molecule has 1 aliphatic rings. The summed E-state index contributed by atoms with van der Waals surface area (Å²) in [6.07, 6.45) is 3.81. The lowest BCUT2D eigenvalue weighted by Crippen LogP contribution is -2.55. The number of carbonyl (C=O) groups excluding carboxylic acids is 1. The maximum atomic E-state index is 12.2. The van der Waals surface area contributed by atoms with Gasteiger partial charge in [-0.3, -0.25) is 4.79 Å². The Balaban J connectivity index is 1.89. The second-order valence-corrected chi connectivity index (χ2v) is 6.45. The van der Waals surface area contributed by atoms with E-state index < -0.39 is 11.5 Å². The van der Waals surface area contributed by atoms with E-state index in [1.807, 2.05) is 0 Å². The topological polar surface area (TPSA) is 87.7 Å². The molecule has 1 aromatic rings. The number of aliphatic carboxylic acids is 1. The number of hydrogen-bond acceptors (Lipinski definition) is 4. The van der Waals surface area contributed by atoms with E-state index in [4.69, 9.17) is 16.3 Å². The summed E-state index contributed by atoms with van der Waals surface area (Å²) >= 11 is 5.96. The largest absolute Gasteiger partial charge is 0.495 e. The lowest BCUT2D eigenvalue weighted by molar-refractivity contribution is -0.149. The third-order valence-electron chi connectivity index (χ3n) is 4.32. The molecule has 0 aromatic heterocycles. The van der Waals surface area contributed by atoms with E-state index >= 15 is 0 Å². The van der Waals surface area contributed by atoms with E-state index in [2.05, 4.69) is 10.6 Å². The molecule has 0 aliphatic heterocycles. The zero-order valence-corrected chi connectivity index (χ0v) is 14.5. The molecule has 1 fully saturated rings. The van der Waals surface area contributed by atoms with Crippen LogP contribution in [0.3, 0.4) is 0 Å². The molecule has 1 aliphatic carbocycles. The fraction of sp³-hybridized carbons (Fsp3) is 0.529. The van der Waals surface area contributed by atoms with Crippen molar-refractivity contribution in [2.24, 2.45) is 0 Å². The van der Waals surface area contributed by atoms with Crippen molar-refractivity contribution in [2.75, 3.05) is 19.0 Å². The number of amides is 1. The van der Waals surface area contributed by atoms with Crippen LogP contribution >= 0.6 is 11.6 Å². The first-order valence-corrected chi connectivity index (χ1v) is 8.46. The van der Waals surface area contributed by atoms with Crippen molar-refractivity contribution < 1.29 is 19.4 Å². The van der Waals surface area contributed by atoms with Crippen molar-refractivity contribution in [2.45, 2.75) is 44.1 Å². The maximum Gasteiger partial charge on any atom is 0.329 e. The van der Waals surface area contributed by atoms with Gasteiger partial charge in [0.25, 0.3) is 0 Å². The second-order valence-electron chi connectivity index (χ2n) is 6.02. The fourth-order valence-electron chi connectivity index (χ4n) is 3.01. The molecule has 7 heteroatoms. The molecule has 1 saturated carbocycles. The van der Waals surface area contributed by atoms with Crippen molar-refractivity contribution in [3.05, 3.63) is 23.2 Å². The molecular formula is C17H23ClN2O4. The van der Waals surface area contributed by atoms with Gasteiger partial charge in [0, 0.05) is 18.0 Å². The quantitative estimate of drug-likeness (QED) is 0.700. The van der Waals surface area contributed by atoms with E-state index in [1.54, 1.807) is 25.3 Å². The number of hydrogen-bond donors (Lipinski definition) is 3. The van der Waals surface area contributed by atoms with E-state index in [0.29, 0.717) is 35.8 Å². The molecule has 1 aromatic carbocycles. The lowest BCUT2D eigenvalue weighted by atomic mass is 9.81. The van der Waals surface area contributed by atoms with Gasteiger partial charge < -0.3 is 20.5 Å². The Kier molecular flexibility index (Phi) is 6.31. The van der Waals surface area contributed by atoms with Crippen LogP contribution in [0.25, 0.3) is 0 Å². The first-order valence-electron chi connectivity index (χ1n) is 8.09. The number of carboxylic acids is 1. The van der Waals surface area contributed by atoms with Gasteiger partial charge in [-0.15, -0.1) is 0 Å². The molecule has 0 unspecified atom stereocenters. The van der Waals surface area contributed by atoms with E-state index in [9.17, 15) is 14.7 Å². The normalized spacial score (nSPS) is 16.2. The van der Waals surface area contributed by atoms with Crippen LogP contribution in [0.5, 0.6) is 5.75 Å². The van der Waals surface area contributed by atoms with Crippen LogP contribution in [0.15, 0.2) is 18.2 Å². The van der Waals surface area contributed by atoms with Gasteiger partial charge in [-0.2, -0.15) is 0 Å². The highest BCUT2D eigenvalue weighted by molar-refractivity contribution is 6.30. The van der Waals surface area contributed by atoms with Crippen LogP contribution < -0.4 is 15.4 Å². The highest BCUT2D eigenvalue weighted by atomic mass is 35.5. The summed E-state index contributed by atoms with van der Waals surface area (Å²) in [5.41, 5.74) is -0.410. The summed E-state index contributed by atoms with van der Waals surface area (Å²) in [5.74, 6) is -0.582. The lowest BCUT2D eigenvalue weighted by Gasteiger charge is -2.34. The van der Waals surface area contributed by atoms with Crippen molar-refractivity contribution in [1.29, 1.82) is 0 Å². The molecule has 0 atom stereocenters. The molecule has 0 spiro atoms. The van der Waals surface area contributed by atoms with Crippen molar-refractivity contribution >= 4 is 29.2 Å². The molecule has 0 bridgehead atoms. The van der Waals surface area contributed by atoms with Crippen molar-refractivity contribution in [3.63, 3.8) is 0 Å². The van der Waals surface area contributed by atoms with Gasteiger partial charge in [-0.05, 0) is 31.0 Å². The first kappa shape index (κ1) is 18.4. The zero-order valence-electron chi connectivity index (χ0n) is 13.7. The van der Waals surface area contributed by atoms with Crippen LogP contribution in [-0.4, -0.2) is 36.2 Å². The van der Waals surface area contributed by atoms with Gasteiger partial charge >= 0.3 is 5.97 Å². The Hall–Kier alpha value is -1.95. The van der Waals surface area contributed by atoms with Gasteiger partial charge in [0.2, 0.25) is 5.91 Å². The number of carbonyl (C=O) groups is 2. The van der Waals surface area contributed by atoms with Crippen LogP contribution in [0.1, 0.15) is 38.5 Å². The number of methoxy groups -OCH3 is 1. The molecule has 1 amide bonds. The second kappa shape index (κ2) is 8.24. The molecule has 0 saturated heterocycles. The Labute approximate surface area is 146 Å². The number of nitrogens with one attached hydrogen (secondary N) is 2. The molecule has 6 nitrogen and oxygen atoms in total. The van der Waals surface area contributed by atoms with Crippen LogP contribution in [-0.2, 0) is 9.59 Å². The highest BCUT2D eigenvalue weighted by Crippen LogP contribution is 2.29. The van der Waals surface area contributed by atoms with Crippen molar-refractivity contribution in [3.8, 4) is 5.75 Å². The standard InChI is InChI=1S/C17H23ClN2O4/c1-24-14-6-5-12(18)11-13(14)19-10-7-15(21)20-17(16(22)23)8-3-2-4-9-17/h5-6,11,19H,2-4,7-10H2,1H3,(H,20,21)(H,22,23).